The Labute approximate surface area is 126 Å². The average molecular weight is 305 g/mol. The Hall–Kier alpha value is -1.55. The molecule has 1 N–H and O–H groups in total. The van der Waals surface area contributed by atoms with Gasteiger partial charge in [0.1, 0.15) is 11.9 Å². The second-order valence-electron chi connectivity index (χ2n) is 4.48. The molecule has 102 valence electrons. The van der Waals surface area contributed by atoms with E-state index in [4.69, 9.17) is 16.3 Å². The summed E-state index contributed by atoms with van der Waals surface area (Å²) >= 11 is 7.70. The molecule has 0 fully saturated rings. The quantitative estimate of drug-likeness (QED) is 0.763. The van der Waals surface area contributed by atoms with Gasteiger partial charge >= 0.3 is 0 Å². The van der Waals surface area contributed by atoms with Gasteiger partial charge in [-0.25, -0.2) is 0 Å². The van der Waals surface area contributed by atoms with Crippen LogP contribution in [0.1, 0.15) is 16.5 Å². The fraction of sp³-hybridized carbons (Fsp3) is 0.125. The third kappa shape index (κ3) is 2.40. The van der Waals surface area contributed by atoms with Crippen LogP contribution in [0.15, 0.2) is 48.5 Å². The minimum Gasteiger partial charge on any atom is -0.495 e. The van der Waals surface area contributed by atoms with Gasteiger partial charge in [0.15, 0.2) is 0 Å². The van der Waals surface area contributed by atoms with Gasteiger partial charge in [-0.15, -0.1) is 11.3 Å². The summed E-state index contributed by atoms with van der Waals surface area (Å²) in [4.78, 5) is 0.910. The van der Waals surface area contributed by atoms with Gasteiger partial charge in [-0.05, 0) is 35.2 Å². The molecule has 2 aromatic carbocycles. The fourth-order valence-electron chi connectivity index (χ4n) is 2.15. The molecule has 1 aromatic heterocycles. The lowest BCUT2D eigenvalue weighted by molar-refractivity contribution is 0.224. The third-order valence-electron chi connectivity index (χ3n) is 3.21. The fourth-order valence-corrected chi connectivity index (χ4v) is 3.50. The highest BCUT2D eigenvalue weighted by molar-refractivity contribution is 7.19. The third-order valence-corrected chi connectivity index (χ3v) is 4.67. The van der Waals surface area contributed by atoms with Crippen LogP contribution in [0.2, 0.25) is 5.02 Å². The molecular weight excluding hydrogens is 292 g/mol. The van der Waals surface area contributed by atoms with Crippen molar-refractivity contribution in [2.75, 3.05) is 7.11 Å². The van der Waals surface area contributed by atoms with E-state index in [0.29, 0.717) is 10.8 Å². The number of thiophene rings is 1. The van der Waals surface area contributed by atoms with Crippen LogP contribution in [0, 0.1) is 0 Å². The van der Waals surface area contributed by atoms with Gasteiger partial charge in [0.25, 0.3) is 0 Å². The molecule has 20 heavy (non-hydrogen) atoms. The Morgan fingerprint density at radius 3 is 2.65 bits per heavy atom. The highest BCUT2D eigenvalue weighted by Gasteiger charge is 2.15. The molecule has 0 saturated carbocycles. The molecule has 3 aromatic rings. The number of aliphatic hydroxyl groups excluding tert-OH is 1. The summed E-state index contributed by atoms with van der Waals surface area (Å²) in [5.41, 5.74) is 0.766. The zero-order valence-corrected chi connectivity index (χ0v) is 12.4. The molecule has 0 radical (unpaired) electrons. The van der Waals surface area contributed by atoms with Crippen LogP contribution in [-0.2, 0) is 0 Å². The maximum Gasteiger partial charge on any atom is 0.137 e. The summed E-state index contributed by atoms with van der Waals surface area (Å²) in [6.45, 7) is 0. The monoisotopic (exact) mass is 304 g/mol. The number of hydrogen-bond donors (Lipinski definition) is 1. The number of aliphatic hydroxyl groups is 1. The van der Waals surface area contributed by atoms with Gasteiger partial charge in [0.2, 0.25) is 0 Å². The summed E-state index contributed by atoms with van der Waals surface area (Å²) in [6, 6.07) is 15.5. The zero-order chi connectivity index (χ0) is 14.1. The van der Waals surface area contributed by atoms with Crippen molar-refractivity contribution in [2.45, 2.75) is 6.10 Å². The molecule has 1 unspecified atom stereocenters. The summed E-state index contributed by atoms with van der Waals surface area (Å²) in [7, 11) is 1.57. The number of ether oxygens (including phenoxy) is 1. The van der Waals surface area contributed by atoms with Crippen LogP contribution in [0.25, 0.3) is 10.1 Å². The first-order valence-electron chi connectivity index (χ1n) is 6.19. The second-order valence-corrected chi connectivity index (χ2v) is 6.01. The van der Waals surface area contributed by atoms with E-state index in [1.165, 1.54) is 4.70 Å². The van der Waals surface area contributed by atoms with E-state index >= 15 is 0 Å². The number of fused-ring (bicyclic) bond motifs is 1. The van der Waals surface area contributed by atoms with E-state index < -0.39 is 6.10 Å². The lowest BCUT2D eigenvalue weighted by Gasteiger charge is -2.11. The molecule has 0 saturated heterocycles. The van der Waals surface area contributed by atoms with Crippen LogP contribution in [0.4, 0.5) is 0 Å². The molecule has 0 aliphatic rings. The van der Waals surface area contributed by atoms with Crippen LogP contribution in [0.5, 0.6) is 5.75 Å². The van der Waals surface area contributed by atoms with Crippen LogP contribution in [0.3, 0.4) is 0 Å². The Bertz CT molecular complexity index is 718. The van der Waals surface area contributed by atoms with Gasteiger partial charge in [0, 0.05) is 9.58 Å². The number of methoxy groups -OCH3 is 1. The Morgan fingerprint density at radius 2 is 1.95 bits per heavy atom. The van der Waals surface area contributed by atoms with E-state index in [1.807, 2.05) is 30.3 Å². The van der Waals surface area contributed by atoms with Crippen LogP contribution in [-0.4, -0.2) is 12.2 Å². The first-order chi connectivity index (χ1) is 9.69. The Balaban J connectivity index is 1.99. The smallest absolute Gasteiger partial charge is 0.137 e. The number of rotatable bonds is 3. The molecular formula is C16H13ClO2S. The first kappa shape index (κ1) is 13.4. The standard InChI is InChI=1S/C16H13ClO2S/c1-19-13-7-6-11(8-12(13)17)16(18)15-9-10-4-2-3-5-14(10)20-15/h2-9,16,18H,1H3. The molecule has 0 spiro atoms. The van der Waals surface area contributed by atoms with Crippen molar-refractivity contribution in [3.63, 3.8) is 0 Å². The molecule has 0 amide bonds. The number of benzene rings is 2. The average Bonchev–Trinajstić information content (AvgIpc) is 2.90. The summed E-state index contributed by atoms with van der Waals surface area (Å²) in [5.74, 6) is 0.610. The van der Waals surface area contributed by atoms with E-state index in [1.54, 1.807) is 30.6 Å². The van der Waals surface area contributed by atoms with Crippen LogP contribution >= 0.6 is 22.9 Å². The van der Waals surface area contributed by atoms with Gasteiger partial charge in [0.05, 0.1) is 12.1 Å². The lowest BCUT2D eigenvalue weighted by atomic mass is 10.1. The molecule has 1 heterocycles. The predicted octanol–water partition coefficient (Wildman–Crippen LogP) is 4.65. The Kier molecular flexibility index (Phi) is 3.66. The van der Waals surface area contributed by atoms with Gasteiger partial charge in [-0.2, -0.15) is 0 Å². The molecule has 0 bridgehead atoms. The van der Waals surface area contributed by atoms with Gasteiger partial charge in [-0.1, -0.05) is 35.9 Å². The van der Waals surface area contributed by atoms with Crippen LogP contribution < -0.4 is 4.74 Å². The van der Waals surface area contributed by atoms with Crippen molar-refractivity contribution in [3.05, 3.63) is 64.0 Å². The first-order valence-corrected chi connectivity index (χ1v) is 7.38. The Morgan fingerprint density at radius 1 is 1.15 bits per heavy atom. The molecule has 3 rings (SSSR count). The van der Waals surface area contributed by atoms with Crippen molar-refractivity contribution in [3.8, 4) is 5.75 Å². The topological polar surface area (TPSA) is 29.5 Å². The van der Waals surface area contributed by atoms with Gasteiger partial charge < -0.3 is 9.84 Å². The lowest BCUT2D eigenvalue weighted by Crippen LogP contribution is -1.97. The summed E-state index contributed by atoms with van der Waals surface area (Å²) in [5, 5.41) is 12.1. The van der Waals surface area contributed by atoms with Crippen molar-refractivity contribution < 1.29 is 9.84 Å². The van der Waals surface area contributed by atoms with Crippen molar-refractivity contribution in [1.82, 2.24) is 0 Å². The molecule has 0 aliphatic carbocycles. The van der Waals surface area contributed by atoms with Crippen molar-refractivity contribution >= 4 is 33.0 Å². The SMILES string of the molecule is COc1ccc(C(O)c2cc3ccccc3s2)cc1Cl. The minimum absolute atomic E-state index is 0.505. The van der Waals surface area contributed by atoms with Gasteiger partial charge in [-0.3, -0.25) is 0 Å². The van der Waals surface area contributed by atoms with Crippen molar-refractivity contribution in [1.29, 1.82) is 0 Å². The minimum atomic E-state index is -0.671. The normalized spacial score (nSPS) is 12.6. The second kappa shape index (κ2) is 5.44. The zero-order valence-electron chi connectivity index (χ0n) is 10.8. The van der Waals surface area contributed by atoms with E-state index in [2.05, 4.69) is 6.07 Å². The predicted molar refractivity (Wildman–Crippen MR) is 83.9 cm³/mol. The highest BCUT2D eigenvalue weighted by Crippen LogP contribution is 2.35. The van der Waals surface area contributed by atoms with E-state index in [9.17, 15) is 5.11 Å². The molecule has 1 atom stereocenters. The maximum atomic E-state index is 10.5. The number of hydrogen-bond acceptors (Lipinski definition) is 3. The van der Waals surface area contributed by atoms with E-state index in [-0.39, 0.29) is 0 Å². The number of halogens is 1. The summed E-state index contributed by atoms with van der Waals surface area (Å²) in [6.07, 6.45) is -0.671. The highest BCUT2D eigenvalue weighted by atomic mass is 35.5. The molecule has 2 nitrogen and oxygen atoms in total. The summed E-state index contributed by atoms with van der Waals surface area (Å²) < 4.78 is 6.29. The maximum absolute atomic E-state index is 10.5. The molecule has 0 aliphatic heterocycles. The van der Waals surface area contributed by atoms with Crippen molar-refractivity contribution in [2.24, 2.45) is 0 Å². The van der Waals surface area contributed by atoms with E-state index in [0.717, 1.165) is 15.8 Å². The molecule has 4 heteroatoms. The largest absolute Gasteiger partial charge is 0.495 e.